The van der Waals surface area contributed by atoms with Crippen molar-refractivity contribution in [2.75, 3.05) is 6.61 Å². The standard InChI is InChI=1S/C16H32O2/c1-7-12(3)9-13(4)10-14(5)11-15(6)16(17)18-8-2/h12-15H,7-11H2,1-6H3. The van der Waals surface area contributed by atoms with Crippen LogP contribution in [0, 0.1) is 23.7 Å². The third-order valence-corrected chi connectivity index (χ3v) is 3.75. The van der Waals surface area contributed by atoms with E-state index in [2.05, 4.69) is 27.7 Å². The highest BCUT2D eigenvalue weighted by Crippen LogP contribution is 2.25. The molecule has 0 saturated carbocycles. The zero-order valence-electron chi connectivity index (χ0n) is 13.2. The van der Waals surface area contributed by atoms with Gasteiger partial charge in [0.15, 0.2) is 0 Å². The van der Waals surface area contributed by atoms with Crippen molar-refractivity contribution in [1.29, 1.82) is 0 Å². The second-order valence-corrected chi connectivity index (χ2v) is 6.08. The molecule has 0 aliphatic carbocycles. The lowest BCUT2D eigenvalue weighted by molar-refractivity contribution is -0.148. The number of hydrogen-bond acceptors (Lipinski definition) is 2. The summed E-state index contributed by atoms with van der Waals surface area (Å²) in [5, 5.41) is 0. The van der Waals surface area contributed by atoms with Gasteiger partial charge in [-0.2, -0.15) is 0 Å². The maximum Gasteiger partial charge on any atom is 0.308 e. The third-order valence-electron chi connectivity index (χ3n) is 3.75. The molecule has 2 heteroatoms. The first-order valence-electron chi connectivity index (χ1n) is 7.57. The van der Waals surface area contributed by atoms with Crippen molar-refractivity contribution in [3.8, 4) is 0 Å². The van der Waals surface area contributed by atoms with Crippen molar-refractivity contribution < 1.29 is 9.53 Å². The normalized spacial score (nSPS) is 17.9. The van der Waals surface area contributed by atoms with E-state index in [0.717, 1.165) is 18.3 Å². The van der Waals surface area contributed by atoms with Crippen LogP contribution in [0.1, 0.15) is 67.2 Å². The fraction of sp³-hybridized carbons (Fsp3) is 0.938. The minimum Gasteiger partial charge on any atom is -0.466 e. The molecule has 0 aromatic heterocycles. The van der Waals surface area contributed by atoms with E-state index in [9.17, 15) is 4.79 Å². The number of ether oxygens (including phenoxy) is 1. The van der Waals surface area contributed by atoms with Crippen LogP contribution in [-0.2, 0) is 9.53 Å². The van der Waals surface area contributed by atoms with Crippen LogP contribution >= 0.6 is 0 Å². The lowest BCUT2D eigenvalue weighted by Gasteiger charge is -2.21. The van der Waals surface area contributed by atoms with E-state index in [-0.39, 0.29) is 11.9 Å². The van der Waals surface area contributed by atoms with E-state index in [1.807, 2.05) is 13.8 Å². The first-order chi connectivity index (χ1) is 8.40. The molecule has 2 nitrogen and oxygen atoms in total. The fourth-order valence-electron chi connectivity index (χ4n) is 2.72. The average molecular weight is 256 g/mol. The van der Waals surface area contributed by atoms with E-state index < -0.39 is 0 Å². The smallest absolute Gasteiger partial charge is 0.308 e. The number of esters is 1. The Morgan fingerprint density at radius 3 is 1.89 bits per heavy atom. The van der Waals surface area contributed by atoms with Gasteiger partial charge in [-0.1, -0.05) is 41.0 Å². The second-order valence-electron chi connectivity index (χ2n) is 6.08. The largest absolute Gasteiger partial charge is 0.466 e. The molecule has 0 aliphatic rings. The predicted molar refractivity (Wildman–Crippen MR) is 77.4 cm³/mol. The van der Waals surface area contributed by atoms with Crippen molar-refractivity contribution >= 4 is 5.97 Å². The Morgan fingerprint density at radius 2 is 1.39 bits per heavy atom. The zero-order valence-corrected chi connectivity index (χ0v) is 13.2. The molecule has 4 atom stereocenters. The average Bonchev–Trinajstić information content (AvgIpc) is 2.28. The Hall–Kier alpha value is -0.530. The van der Waals surface area contributed by atoms with E-state index in [1.165, 1.54) is 19.3 Å². The van der Waals surface area contributed by atoms with Gasteiger partial charge in [-0.05, 0) is 43.9 Å². The zero-order chi connectivity index (χ0) is 14.1. The third kappa shape index (κ3) is 7.73. The molecule has 0 heterocycles. The lowest BCUT2D eigenvalue weighted by Crippen LogP contribution is -2.18. The first kappa shape index (κ1) is 17.5. The summed E-state index contributed by atoms with van der Waals surface area (Å²) in [6.45, 7) is 13.5. The van der Waals surface area contributed by atoms with Gasteiger partial charge in [0.05, 0.1) is 12.5 Å². The number of hydrogen-bond donors (Lipinski definition) is 0. The van der Waals surface area contributed by atoms with Crippen LogP contribution in [0.3, 0.4) is 0 Å². The minimum absolute atomic E-state index is 0.0377. The van der Waals surface area contributed by atoms with E-state index >= 15 is 0 Å². The summed E-state index contributed by atoms with van der Waals surface area (Å²) in [4.78, 5) is 11.6. The van der Waals surface area contributed by atoms with Gasteiger partial charge >= 0.3 is 5.97 Å². The van der Waals surface area contributed by atoms with Crippen molar-refractivity contribution in [3.05, 3.63) is 0 Å². The van der Waals surface area contributed by atoms with Gasteiger partial charge in [-0.3, -0.25) is 4.79 Å². The molecule has 0 aliphatic heterocycles. The van der Waals surface area contributed by atoms with Crippen LogP contribution in [0.25, 0.3) is 0 Å². The molecular weight excluding hydrogens is 224 g/mol. The molecular formula is C16H32O2. The quantitative estimate of drug-likeness (QED) is 0.560. The van der Waals surface area contributed by atoms with E-state index in [0.29, 0.717) is 12.5 Å². The maximum absolute atomic E-state index is 11.6. The summed E-state index contributed by atoms with van der Waals surface area (Å²) in [5.41, 5.74) is 0. The summed E-state index contributed by atoms with van der Waals surface area (Å²) < 4.78 is 5.05. The number of carbonyl (C=O) groups is 1. The molecule has 0 radical (unpaired) electrons. The van der Waals surface area contributed by atoms with Crippen LogP contribution in [0.5, 0.6) is 0 Å². The van der Waals surface area contributed by atoms with E-state index in [1.54, 1.807) is 0 Å². The van der Waals surface area contributed by atoms with Crippen LogP contribution < -0.4 is 0 Å². The van der Waals surface area contributed by atoms with Crippen molar-refractivity contribution in [1.82, 2.24) is 0 Å². The first-order valence-corrected chi connectivity index (χ1v) is 7.57. The SMILES string of the molecule is CCOC(=O)C(C)CC(C)CC(C)CC(C)CC. The topological polar surface area (TPSA) is 26.3 Å². The molecule has 4 unspecified atom stereocenters. The lowest BCUT2D eigenvalue weighted by atomic mass is 9.85. The molecule has 0 N–H and O–H groups in total. The van der Waals surface area contributed by atoms with Crippen molar-refractivity contribution in [2.24, 2.45) is 23.7 Å². The molecule has 0 rings (SSSR count). The van der Waals surface area contributed by atoms with Gasteiger partial charge in [0, 0.05) is 0 Å². The number of carbonyl (C=O) groups excluding carboxylic acids is 1. The minimum atomic E-state index is -0.0427. The Morgan fingerprint density at radius 1 is 0.889 bits per heavy atom. The summed E-state index contributed by atoms with van der Waals surface area (Å²) >= 11 is 0. The van der Waals surface area contributed by atoms with Crippen LogP contribution in [-0.4, -0.2) is 12.6 Å². The molecule has 0 aromatic rings. The molecule has 0 saturated heterocycles. The predicted octanol–water partition coefficient (Wildman–Crippen LogP) is 4.67. The Labute approximate surface area is 113 Å². The number of rotatable bonds is 9. The van der Waals surface area contributed by atoms with Gasteiger partial charge in [-0.25, -0.2) is 0 Å². The van der Waals surface area contributed by atoms with Gasteiger partial charge in [0.1, 0.15) is 0 Å². The van der Waals surface area contributed by atoms with Gasteiger partial charge in [0.25, 0.3) is 0 Å². The summed E-state index contributed by atoms with van der Waals surface area (Å²) in [6.07, 6.45) is 4.73. The maximum atomic E-state index is 11.6. The second kappa shape index (κ2) is 9.41. The summed E-state index contributed by atoms with van der Waals surface area (Å²) in [7, 11) is 0. The highest BCUT2D eigenvalue weighted by molar-refractivity contribution is 5.71. The van der Waals surface area contributed by atoms with Gasteiger partial charge in [-0.15, -0.1) is 0 Å². The Bertz CT molecular complexity index is 225. The highest BCUT2D eigenvalue weighted by Gasteiger charge is 2.19. The Kier molecular flexibility index (Phi) is 9.13. The fourth-order valence-corrected chi connectivity index (χ4v) is 2.72. The molecule has 0 fully saturated rings. The van der Waals surface area contributed by atoms with E-state index in [4.69, 9.17) is 4.74 Å². The molecule has 0 spiro atoms. The Balaban J connectivity index is 3.95. The monoisotopic (exact) mass is 256 g/mol. The van der Waals surface area contributed by atoms with Gasteiger partial charge < -0.3 is 4.74 Å². The molecule has 108 valence electrons. The van der Waals surface area contributed by atoms with Crippen LogP contribution in [0.2, 0.25) is 0 Å². The highest BCUT2D eigenvalue weighted by atomic mass is 16.5. The van der Waals surface area contributed by atoms with Crippen molar-refractivity contribution in [2.45, 2.75) is 67.2 Å². The molecule has 0 amide bonds. The van der Waals surface area contributed by atoms with Crippen LogP contribution in [0.4, 0.5) is 0 Å². The van der Waals surface area contributed by atoms with Crippen LogP contribution in [0.15, 0.2) is 0 Å². The molecule has 0 aromatic carbocycles. The van der Waals surface area contributed by atoms with Crippen molar-refractivity contribution in [3.63, 3.8) is 0 Å². The summed E-state index contributed by atoms with van der Waals surface area (Å²) in [5.74, 6) is 2.16. The summed E-state index contributed by atoms with van der Waals surface area (Å²) in [6, 6.07) is 0. The molecule has 0 bridgehead atoms. The van der Waals surface area contributed by atoms with Gasteiger partial charge in [0.2, 0.25) is 0 Å². The molecule has 18 heavy (non-hydrogen) atoms.